The van der Waals surface area contributed by atoms with Crippen molar-refractivity contribution in [2.45, 2.75) is 25.3 Å². The van der Waals surface area contributed by atoms with Crippen molar-refractivity contribution in [1.82, 2.24) is 20.0 Å². The van der Waals surface area contributed by atoms with Crippen molar-refractivity contribution in [2.24, 2.45) is 5.92 Å². The van der Waals surface area contributed by atoms with Crippen LogP contribution >= 0.6 is 0 Å². The molecular formula is C18H21FN4O. The van der Waals surface area contributed by atoms with Gasteiger partial charge in [-0.1, -0.05) is 12.1 Å². The molecule has 1 aromatic carbocycles. The summed E-state index contributed by atoms with van der Waals surface area (Å²) >= 11 is 0. The predicted octanol–water partition coefficient (Wildman–Crippen LogP) is 2.73. The zero-order chi connectivity index (χ0) is 16.5. The van der Waals surface area contributed by atoms with E-state index in [0.29, 0.717) is 5.56 Å². The third-order valence-corrected chi connectivity index (χ3v) is 5.08. The average molecular weight is 328 g/mol. The molecule has 1 aromatic heterocycles. The Hall–Kier alpha value is -2.21. The molecule has 4 heterocycles. The summed E-state index contributed by atoms with van der Waals surface area (Å²) in [6, 6.07) is 6.25. The van der Waals surface area contributed by atoms with Crippen molar-refractivity contribution in [3.8, 4) is 11.1 Å². The van der Waals surface area contributed by atoms with Crippen LogP contribution in [0.25, 0.3) is 11.1 Å². The van der Waals surface area contributed by atoms with E-state index >= 15 is 0 Å². The highest BCUT2D eigenvalue weighted by molar-refractivity contribution is 5.77. The second-order valence-electron chi connectivity index (χ2n) is 6.81. The zero-order valence-corrected chi connectivity index (χ0v) is 13.5. The fourth-order valence-electron chi connectivity index (χ4n) is 3.79. The molecule has 126 valence electrons. The number of nitrogens with zero attached hydrogens (tertiary/aromatic N) is 3. The van der Waals surface area contributed by atoms with Crippen LogP contribution in [0.2, 0.25) is 0 Å². The maximum absolute atomic E-state index is 13.3. The number of carbonyl (C=O) groups is 1. The van der Waals surface area contributed by atoms with E-state index in [1.54, 1.807) is 24.5 Å². The molecule has 5 nitrogen and oxygen atoms in total. The van der Waals surface area contributed by atoms with Crippen LogP contribution < -0.4 is 5.32 Å². The highest BCUT2D eigenvalue weighted by Gasteiger charge is 2.30. The molecule has 0 saturated carbocycles. The van der Waals surface area contributed by atoms with E-state index in [1.807, 2.05) is 0 Å². The quantitative estimate of drug-likeness (QED) is 0.922. The molecule has 1 atom stereocenters. The van der Waals surface area contributed by atoms with Gasteiger partial charge < -0.3 is 10.2 Å². The number of halogens is 1. The number of rotatable bonds is 2. The van der Waals surface area contributed by atoms with Crippen LogP contribution in [0.15, 0.2) is 36.7 Å². The molecule has 0 aliphatic carbocycles. The van der Waals surface area contributed by atoms with Crippen molar-refractivity contribution in [3.05, 3.63) is 42.5 Å². The van der Waals surface area contributed by atoms with Gasteiger partial charge in [0.05, 0.1) is 6.20 Å². The summed E-state index contributed by atoms with van der Waals surface area (Å²) in [5.74, 6) is 0.419. The molecule has 24 heavy (non-hydrogen) atoms. The Balaban J connectivity index is 1.45. The highest BCUT2D eigenvalue weighted by Crippen LogP contribution is 2.26. The zero-order valence-electron chi connectivity index (χ0n) is 13.5. The van der Waals surface area contributed by atoms with Gasteiger partial charge in [-0.3, -0.25) is 0 Å². The number of carbonyl (C=O) groups excluding carboxylic acids is 1. The molecule has 1 amide bonds. The number of benzene rings is 1. The second kappa shape index (κ2) is 6.36. The van der Waals surface area contributed by atoms with Gasteiger partial charge in [0.2, 0.25) is 0 Å². The molecule has 6 heteroatoms. The van der Waals surface area contributed by atoms with Gasteiger partial charge >= 0.3 is 6.03 Å². The van der Waals surface area contributed by atoms with Crippen LogP contribution in [0.1, 0.15) is 19.3 Å². The second-order valence-corrected chi connectivity index (χ2v) is 6.81. The smallest absolute Gasteiger partial charge is 0.332 e. The van der Waals surface area contributed by atoms with Crippen LogP contribution in [0.5, 0.6) is 0 Å². The predicted molar refractivity (Wildman–Crippen MR) is 89.1 cm³/mol. The normalized spacial score (nSPS) is 26.1. The van der Waals surface area contributed by atoms with Crippen LogP contribution in [0.3, 0.4) is 0 Å². The number of nitrogens with one attached hydrogen (secondary N) is 1. The number of fused-ring (bicyclic) bond motifs is 4. The minimum absolute atomic E-state index is 0.175. The molecule has 1 N–H and O–H groups in total. The van der Waals surface area contributed by atoms with Crippen LogP contribution in [0.4, 0.5) is 9.18 Å². The van der Waals surface area contributed by atoms with E-state index in [2.05, 4.69) is 15.3 Å². The van der Waals surface area contributed by atoms with Crippen molar-refractivity contribution < 1.29 is 9.18 Å². The molecule has 2 bridgehead atoms. The molecule has 0 spiro atoms. The molecule has 3 saturated heterocycles. The molecule has 5 rings (SSSR count). The minimum atomic E-state index is -0.298. The van der Waals surface area contributed by atoms with Crippen LogP contribution in [-0.4, -0.2) is 46.4 Å². The number of hydrogen-bond donors (Lipinski definition) is 1. The monoisotopic (exact) mass is 328 g/mol. The summed E-state index contributed by atoms with van der Waals surface area (Å²) in [5, 5.41) is 7.23. The van der Waals surface area contributed by atoms with Crippen molar-refractivity contribution in [2.75, 3.05) is 19.6 Å². The minimum Gasteiger partial charge on any atom is -0.332 e. The molecule has 3 aliphatic heterocycles. The Bertz CT molecular complexity index is 722. The van der Waals surface area contributed by atoms with Gasteiger partial charge in [-0.25, -0.2) is 9.18 Å². The summed E-state index contributed by atoms with van der Waals surface area (Å²) in [6.45, 7) is 3.20. The average Bonchev–Trinajstić information content (AvgIpc) is 2.90. The fourth-order valence-corrected chi connectivity index (χ4v) is 3.79. The summed E-state index contributed by atoms with van der Waals surface area (Å²) in [6.07, 6.45) is 6.75. The number of hydrogen-bond acceptors (Lipinski definition) is 3. The van der Waals surface area contributed by atoms with Gasteiger partial charge in [0.1, 0.15) is 5.82 Å². The first-order valence-corrected chi connectivity index (χ1v) is 8.51. The molecule has 3 aliphatic rings. The number of piperidine rings is 1. The molecule has 0 radical (unpaired) electrons. The molecule has 1 unspecified atom stereocenters. The van der Waals surface area contributed by atoms with E-state index in [-0.39, 0.29) is 17.9 Å². The maximum atomic E-state index is 13.3. The first-order chi connectivity index (χ1) is 11.7. The summed E-state index contributed by atoms with van der Waals surface area (Å²) in [4.78, 5) is 14.9. The van der Waals surface area contributed by atoms with Gasteiger partial charge in [0.15, 0.2) is 0 Å². The summed E-state index contributed by atoms with van der Waals surface area (Å²) in [5.41, 5.74) is 1.45. The lowest BCUT2D eigenvalue weighted by Gasteiger charge is -2.26. The molecule has 2 aromatic rings. The van der Waals surface area contributed by atoms with E-state index < -0.39 is 0 Å². The van der Waals surface area contributed by atoms with Crippen molar-refractivity contribution in [1.29, 1.82) is 0 Å². The Kier molecular flexibility index (Phi) is 4.06. The van der Waals surface area contributed by atoms with Crippen LogP contribution in [0, 0.1) is 11.7 Å². The Morgan fingerprint density at radius 1 is 1.25 bits per heavy atom. The summed E-state index contributed by atoms with van der Waals surface area (Å²) < 4.78 is 14.6. The third-order valence-electron chi connectivity index (χ3n) is 5.08. The SMILES string of the molecule is O=C(NC1CC2CCN(CC2)C1)n1cc(-c2cccc(F)c2)cn1. The molecule has 3 fully saturated rings. The maximum Gasteiger partial charge on any atom is 0.342 e. The standard InChI is InChI=1S/C18H21FN4O/c19-16-3-1-2-14(9-16)15-10-20-23(11-15)18(24)21-17-8-13-4-6-22(12-17)7-5-13/h1-3,9-11,13,17H,4-8,12H2,(H,21,24). The van der Waals surface area contributed by atoms with Crippen LogP contribution in [-0.2, 0) is 0 Å². The number of aromatic nitrogens is 2. The van der Waals surface area contributed by atoms with Crippen molar-refractivity contribution >= 4 is 6.03 Å². The van der Waals surface area contributed by atoms with Gasteiger partial charge in [0.25, 0.3) is 0 Å². The number of amides is 1. The first kappa shape index (κ1) is 15.3. The van der Waals surface area contributed by atoms with Gasteiger partial charge in [-0.2, -0.15) is 9.78 Å². The van der Waals surface area contributed by atoms with Gasteiger partial charge in [0, 0.05) is 24.3 Å². The van der Waals surface area contributed by atoms with Gasteiger partial charge in [-0.15, -0.1) is 0 Å². The van der Waals surface area contributed by atoms with E-state index in [4.69, 9.17) is 0 Å². The summed E-state index contributed by atoms with van der Waals surface area (Å²) in [7, 11) is 0. The fraction of sp³-hybridized carbons (Fsp3) is 0.444. The molecular weight excluding hydrogens is 307 g/mol. The Morgan fingerprint density at radius 2 is 2.08 bits per heavy atom. The van der Waals surface area contributed by atoms with E-state index in [1.165, 1.54) is 29.7 Å². The van der Waals surface area contributed by atoms with Gasteiger partial charge in [-0.05, 0) is 56.0 Å². The van der Waals surface area contributed by atoms with Crippen molar-refractivity contribution in [3.63, 3.8) is 0 Å². The van der Waals surface area contributed by atoms with E-state index in [0.717, 1.165) is 37.5 Å². The highest BCUT2D eigenvalue weighted by atomic mass is 19.1. The third kappa shape index (κ3) is 3.19. The Labute approximate surface area is 140 Å². The lowest BCUT2D eigenvalue weighted by Crippen LogP contribution is -2.43. The first-order valence-electron chi connectivity index (χ1n) is 8.51. The van der Waals surface area contributed by atoms with E-state index in [9.17, 15) is 9.18 Å². The topological polar surface area (TPSA) is 50.2 Å². The lowest BCUT2D eigenvalue weighted by molar-refractivity contribution is 0.216. The Morgan fingerprint density at radius 3 is 2.88 bits per heavy atom. The largest absolute Gasteiger partial charge is 0.342 e. The lowest BCUT2D eigenvalue weighted by atomic mass is 9.94.